The summed E-state index contributed by atoms with van der Waals surface area (Å²) in [5, 5.41) is 17.2. The predicted octanol–water partition coefficient (Wildman–Crippen LogP) is 3.21. The molecule has 180 valence electrons. The molecule has 0 unspecified atom stereocenters. The van der Waals surface area contributed by atoms with E-state index in [9.17, 15) is 28.0 Å². The fraction of sp³-hybridized carbons (Fsp3) is 0.174. The molecule has 0 aliphatic rings. The Labute approximate surface area is 197 Å². The van der Waals surface area contributed by atoms with E-state index in [0.29, 0.717) is 27.8 Å². The van der Waals surface area contributed by atoms with Crippen LogP contribution in [0.3, 0.4) is 0 Å². The normalized spacial score (nSPS) is 11.2. The highest BCUT2D eigenvalue weighted by atomic mass is 19.4. The smallest absolute Gasteiger partial charge is 0.416 e. The number of nitriles is 1. The number of hydrogen-bond acceptors (Lipinski definition) is 7. The van der Waals surface area contributed by atoms with E-state index >= 15 is 0 Å². The number of nitrogens with zero attached hydrogens (tertiary/aromatic N) is 4. The number of benzene rings is 2. The number of aromatic nitrogens is 2. The molecule has 0 fully saturated rings. The fourth-order valence-electron chi connectivity index (χ4n) is 3.10. The fourth-order valence-corrected chi connectivity index (χ4v) is 3.10. The molecular formula is C23H18F3N5O4. The molecule has 3 rings (SSSR count). The maximum absolute atomic E-state index is 13.1. The number of hydrazone groups is 1. The highest BCUT2D eigenvalue weighted by Crippen LogP contribution is 2.30. The number of rotatable bonds is 6. The second kappa shape index (κ2) is 10.1. The Hall–Kier alpha value is -4.66. The van der Waals surface area contributed by atoms with Gasteiger partial charge in [-0.25, -0.2) is 5.43 Å². The second-order valence-electron chi connectivity index (χ2n) is 7.03. The molecule has 0 saturated carbocycles. The van der Waals surface area contributed by atoms with E-state index in [1.807, 2.05) is 0 Å². The molecule has 0 aliphatic carbocycles. The van der Waals surface area contributed by atoms with Crippen molar-refractivity contribution >= 4 is 12.1 Å². The Morgan fingerprint density at radius 1 is 1.20 bits per heavy atom. The van der Waals surface area contributed by atoms with Gasteiger partial charge >= 0.3 is 6.18 Å². The van der Waals surface area contributed by atoms with Crippen LogP contribution in [0.15, 0.2) is 52.4 Å². The summed E-state index contributed by atoms with van der Waals surface area (Å²) in [6, 6.07) is 10.4. The van der Waals surface area contributed by atoms with Gasteiger partial charge in [-0.3, -0.25) is 9.59 Å². The summed E-state index contributed by atoms with van der Waals surface area (Å²) in [6.45, 7) is 1.33. The van der Waals surface area contributed by atoms with Crippen molar-refractivity contribution in [1.29, 1.82) is 5.26 Å². The van der Waals surface area contributed by atoms with Crippen molar-refractivity contribution in [1.82, 2.24) is 15.2 Å². The summed E-state index contributed by atoms with van der Waals surface area (Å²) in [5.74, 6) is 0.0729. The van der Waals surface area contributed by atoms with Crippen LogP contribution >= 0.6 is 0 Å². The van der Waals surface area contributed by atoms with Gasteiger partial charge in [-0.15, -0.1) is 0 Å². The highest BCUT2D eigenvalue weighted by Gasteiger charge is 2.31. The van der Waals surface area contributed by atoms with Crippen LogP contribution in [0.2, 0.25) is 0 Å². The molecule has 9 nitrogen and oxygen atoms in total. The Morgan fingerprint density at radius 2 is 1.94 bits per heavy atom. The zero-order chi connectivity index (χ0) is 25.8. The number of carbonyl (C=O) groups excluding carboxylic acids is 1. The summed E-state index contributed by atoms with van der Waals surface area (Å²) < 4.78 is 50.3. The molecule has 3 aromatic rings. The van der Waals surface area contributed by atoms with Gasteiger partial charge in [0.25, 0.3) is 11.5 Å². The summed E-state index contributed by atoms with van der Waals surface area (Å²) in [4.78, 5) is 25.5. The van der Waals surface area contributed by atoms with Gasteiger partial charge in [0.2, 0.25) is 0 Å². The Bertz CT molecular complexity index is 1410. The third-order valence-corrected chi connectivity index (χ3v) is 4.89. The van der Waals surface area contributed by atoms with Crippen LogP contribution < -0.4 is 20.5 Å². The van der Waals surface area contributed by atoms with Gasteiger partial charge in [-0.2, -0.15) is 33.3 Å². The lowest BCUT2D eigenvalue weighted by atomic mass is 10.1. The quantitative estimate of drug-likeness (QED) is 0.423. The van der Waals surface area contributed by atoms with Gasteiger partial charge < -0.3 is 9.47 Å². The van der Waals surface area contributed by atoms with Crippen molar-refractivity contribution in [2.24, 2.45) is 5.10 Å². The lowest BCUT2D eigenvalue weighted by molar-refractivity contribution is -0.137. The van der Waals surface area contributed by atoms with E-state index in [2.05, 4.69) is 15.6 Å². The van der Waals surface area contributed by atoms with E-state index < -0.39 is 28.8 Å². The standard InChI is InChI=1S/C23H18F3N5O4/c1-13-18(11-27)22(33)31(16-6-4-5-15(10-16)23(24,25)26)30-20(13)21(32)29-28-12-14-9-17(34-2)7-8-19(14)35-3/h4-10,12H,1-3H3,(H,29,32)/b28-12+. The monoisotopic (exact) mass is 485 g/mol. The maximum Gasteiger partial charge on any atom is 0.416 e. The van der Waals surface area contributed by atoms with Crippen molar-refractivity contribution in [3.63, 3.8) is 0 Å². The first-order valence-electron chi connectivity index (χ1n) is 9.87. The molecule has 2 aromatic carbocycles. The van der Waals surface area contributed by atoms with Crippen molar-refractivity contribution in [3.05, 3.63) is 80.8 Å². The number of ether oxygens (including phenoxy) is 2. The number of methoxy groups -OCH3 is 2. The van der Waals surface area contributed by atoms with E-state index in [1.54, 1.807) is 24.3 Å². The summed E-state index contributed by atoms with van der Waals surface area (Å²) in [6.07, 6.45) is -3.39. The number of halogens is 3. The summed E-state index contributed by atoms with van der Waals surface area (Å²) in [5.41, 5.74) is -0.409. The molecule has 0 saturated heterocycles. The number of carbonyl (C=O) groups is 1. The van der Waals surface area contributed by atoms with Gasteiger partial charge in [0.1, 0.15) is 23.1 Å². The minimum Gasteiger partial charge on any atom is -0.497 e. The number of amides is 1. The minimum atomic E-state index is -4.67. The molecule has 0 bridgehead atoms. The SMILES string of the molecule is COc1ccc(OC)c(/C=N/NC(=O)c2nn(-c3cccc(C(F)(F)F)c3)c(=O)c(C#N)c2C)c1. The molecule has 1 N–H and O–H groups in total. The summed E-state index contributed by atoms with van der Waals surface area (Å²) >= 11 is 0. The second-order valence-corrected chi connectivity index (χ2v) is 7.03. The van der Waals surface area contributed by atoms with Gasteiger partial charge in [0.05, 0.1) is 31.7 Å². The molecule has 0 aliphatic heterocycles. The number of nitrogens with one attached hydrogen (secondary N) is 1. The van der Waals surface area contributed by atoms with Crippen LogP contribution in [0, 0.1) is 18.3 Å². The van der Waals surface area contributed by atoms with E-state index in [-0.39, 0.29) is 16.9 Å². The van der Waals surface area contributed by atoms with Gasteiger partial charge in [0, 0.05) is 11.1 Å². The van der Waals surface area contributed by atoms with Crippen molar-refractivity contribution in [2.75, 3.05) is 14.2 Å². The average molecular weight is 485 g/mol. The first-order valence-corrected chi connectivity index (χ1v) is 9.87. The van der Waals surface area contributed by atoms with Crippen LogP contribution in [0.4, 0.5) is 13.2 Å². The third kappa shape index (κ3) is 5.30. The topological polar surface area (TPSA) is 119 Å². The Morgan fingerprint density at radius 3 is 2.57 bits per heavy atom. The zero-order valence-electron chi connectivity index (χ0n) is 18.7. The molecule has 0 atom stereocenters. The lowest BCUT2D eigenvalue weighted by Crippen LogP contribution is -2.31. The van der Waals surface area contributed by atoms with Gasteiger partial charge in [-0.1, -0.05) is 6.07 Å². The van der Waals surface area contributed by atoms with E-state index in [1.165, 1.54) is 33.4 Å². The highest BCUT2D eigenvalue weighted by molar-refractivity contribution is 5.95. The largest absolute Gasteiger partial charge is 0.497 e. The van der Waals surface area contributed by atoms with Crippen molar-refractivity contribution in [3.8, 4) is 23.3 Å². The summed E-state index contributed by atoms with van der Waals surface area (Å²) in [7, 11) is 2.93. The van der Waals surface area contributed by atoms with Crippen LogP contribution in [-0.2, 0) is 6.18 Å². The molecule has 12 heteroatoms. The van der Waals surface area contributed by atoms with Crippen LogP contribution in [-0.4, -0.2) is 36.1 Å². The van der Waals surface area contributed by atoms with Crippen molar-refractivity contribution < 1.29 is 27.4 Å². The molecule has 35 heavy (non-hydrogen) atoms. The molecular weight excluding hydrogens is 467 g/mol. The first-order chi connectivity index (χ1) is 16.6. The zero-order valence-corrected chi connectivity index (χ0v) is 18.7. The third-order valence-electron chi connectivity index (χ3n) is 4.89. The van der Waals surface area contributed by atoms with E-state index in [0.717, 1.165) is 12.1 Å². The Balaban J connectivity index is 2.00. The predicted molar refractivity (Wildman–Crippen MR) is 119 cm³/mol. The van der Waals surface area contributed by atoms with E-state index in [4.69, 9.17) is 9.47 Å². The first kappa shape index (κ1) is 25.0. The molecule has 1 amide bonds. The minimum absolute atomic E-state index is 0.0487. The van der Waals surface area contributed by atoms with Gasteiger partial charge in [-0.05, 0) is 43.3 Å². The Kier molecular flexibility index (Phi) is 7.20. The average Bonchev–Trinajstić information content (AvgIpc) is 2.83. The number of alkyl halides is 3. The lowest BCUT2D eigenvalue weighted by Gasteiger charge is -2.12. The van der Waals surface area contributed by atoms with Gasteiger partial charge in [0.15, 0.2) is 5.69 Å². The molecule has 0 radical (unpaired) electrons. The van der Waals surface area contributed by atoms with Crippen LogP contribution in [0.25, 0.3) is 5.69 Å². The maximum atomic E-state index is 13.1. The van der Waals surface area contributed by atoms with Crippen molar-refractivity contribution in [2.45, 2.75) is 13.1 Å². The molecule has 0 spiro atoms. The number of hydrogen-bond donors (Lipinski definition) is 1. The van der Waals surface area contributed by atoms with Crippen LogP contribution in [0.1, 0.15) is 32.7 Å². The van der Waals surface area contributed by atoms with Crippen LogP contribution in [0.5, 0.6) is 11.5 Å². The molecule has 1 heterocycles. The molecule has 1 aromatic heterocycles.